The van der Waals surface area contributed by atoms with Gasteiger partial charge in [-0.1, -0.05) is 60.2 Å². The summed E-state index contributed by atoms with van der Waals surface area (Å²) in [5.41, 5.74) is 3.98. The van der Waals surface area contributed by atoms with Crippen molar-refractivity contribution in [2.75, 3.05) is 33.3 Å². The summed E-state index contributed by atoms with van der Waals surface area (Å²) in [4.78, 5) is 7.11. The van der Waals surface area contributed by atoms with E-state index in [4.69, 9.17) is 4.74 Å². The van der Waals surface area contributed by atoms with Crippen molar-refractivity contribution in [3.8, 4) is 0 Å². The molecule has 0 saturated carbocycles. The van der Waals surface area contributed by atoms with Gasteiger partial charge in [0.05, 0.1) is 6.10 Å². The zero-order valence-electron chi connectivity index (χ0n) is 20.9. The van der Waals surface area contributed by atoms with Crippen molar-refractivity contribution in [2.45, 2.75) is 57.7 Å². The number of nitrogens with zero attached hydrogens (tertiary/aromatic N) is 2. The molecule has 2 aliphatic heterocycles. The van der Waals surface area contributed by atoms with Gasteiger partial charge >= 0.3 is 0 Å². The first-order valence-corrected chi connectivity index (χ1v) is 12.6. The molecule has 5 nitrogen and oxygen atoms in total. The average molecular weight is 577 g/mol. The van der Waals surface area contributed by atoms with Gasteiger partial charge in [0.15, 0.2) is 5.96 Å². The molecule has 34 heavy (non-hydrogen) atoms. The minimum Gasteiger partial charge on any atom is -0.373 e. The van der Waals surface area contributed by atoms with Gasteiger partial charge < -0.3 is 15.4 Å². The monoisotopic (exact) mass is 576 g/mol. The molecule has 3 unspecified atom stereocenters. The predicted molar refractivity (Wildman–Crippen MR) is 152 cm³/mol. The molecule has 3 atom stereocenters. The molecule has 2 aliphatic rings. The molecule has 0 spiro atoms. The Morgan fingerprint density at radius 2 is 1.76 bits per heavy atom. The fourth-order valence-corrected chi connectivity index (χ4v) is 5.17. The van der Waals surface area contributed by atoms with E-state index in [2.05, 4.69) is 89.0 Å². The lowest BCUT2D eigenvalue weighted by Crippen LogP contribution is -2.50. The van der Waals surface area contributed by atoms with Crippen LogP contribution in [0.15, 0.2) is 59.6 Å². The summed E-state index contributed by atoms with van der Waals surface area (Å²) >= 11 is 0. The van der Waals surface area contributed by atoms with Crippen LogP contribution in [0.25, 0.3) is 0 Å². The van der Waals surface area contributed by atoms with E-state index < -0.39 is 0 Å². The fourth-order valence-electron chi connectivity index (χ4n) is 5.17. The molecule has 2 saturated heterocycles. The largest absolute Gasteiger partial charge is 0.373 e. The molecule has 2 N–H and O–H groups in total. The van der Waals surface area contributed by atoms with Crippen LogP contribution in [0.5, 0.6) is 0 Å². The maximum Gasteiger partial charge on any atom is 0.191 e. The lowest BCUT2D eigenvalue weighted by molar-refractivity contribution is -0.0265. The number of halogens is 1. The first-order chi connectivity index (χ1) is 16.1. The van der Waals surface area contributed by atoms with E-state index in [9.17, 15) is 0 Å². The van der Waals surface area contributed by atoms with Gasteiger partial charge in [0, 0.05) is 51.3 Å². The van der Waals surface area contributed by atoms with Gasteiger partial charge in [0.25, 0.3) is 0 Å². The van der Waals surface area contributed by atoms with Crippen molar-refractivity contribution >= 4 is 29.9 Å². The van der Waals surface area contributed by atoms with Gasteiger partial charge in [-0.3, -0.25) is 9.89 Å². The van der Waals surface area contributed by atoms with Crippen molar-refractivity contribution in [3.05, 3.63) is 71.3 Å². The average Bonchev–Trinajstić information content (AvgIpc) is 2.88. The molecule has 2 fully saturated rings. The Kier molecular flexibility index (Phi) is 10.7. The Balaban J connectivity index is 0.00000324. The molecule has 0 aromatic heterocycles. The van der Waals surface area contributed by atoms with Crippen LogP contribution >= 0.6 is 24.0 Å². The van der Waals surface area contributed by atoms with Gasteiger partial charge in [0.2, 0.25) is 0 Å². The second-order valence-electron chi connectivity index (χ2n) is 9.60. The number of guanidine groups is 1. The molecule has 0 amide bonds. The zero-order chi connectivity index (χ0) is 23.0. The molecule has 0 bridgehead atoms. The van der Waals surface area contributed by atoms with Crippen molar-refractivity contribution in [1.29, 1.82) is 0 Å². The molecule has 6 heteroatoms. The Bertz CT molecular complexity index is 881. The molecular formula is C28H41IN4O. The van der Waals surface area contributed by atoms with E-state index in [1.54, 1.807) is 0 Å². The summed E-state index contributed by atoms with van der Waals surface area (Å²) in [5, 5.41) is 7.28. The number of ether oxygens (including phenoxy) is 1. The number of aliphatic imine (C=N–C) groups is 1. The molecule has 0 radical (unpaired) electrons. The summed E-state index contributed by atoms with van der Waals surface area (Å²) in [6.07, 6.45) is 4.73. The highest BCUT2D eigenvalue weighted by molar-refractivity contribution is 14.0. The molecule has 4 rings (SSSR count). The smallest absolute Gasteiger partial charge is 0.191 e. The highest BCUT2D eigenvalue weighted by Gasteiger charge is 2.28. The Morgan fingerprint density at radius 3 is 2.44 bits per heavy atom. The number of nitrogens with one attached hydrogen (secondary N) is 2. The lowest BCUT2D eigenvalue weighted by atomic mass is 9.89. The van der Waals surface area contributed by atoms with Crippen LogP contribution in [0.4, 0.5) is 0 Å². The first-order valence-electron chi connectivity index (χ1n) is 12.6. The van der Waals surface area contributed by atoms with Gasteiger partial charge in [-0.25, -0.2) is 0 Å². The summed E-state index contributed by atoms with van der Waals surface area (Å²) < 4.78 is 6.20. The molecule has 186 valence electrons. The van der Waals surface area contributed by atoms with E-state index in [0.29, 0.717) is 18.0 Å². The lowest BCUT2D eigenvalue weighted by Gasteiger charge is -2.37. The van der Waals surface area contributed by atoms with Gasteiger partial charge in [-0.2, -0.15) is 0 Å². The van der Waals surface area contributed by atoms with Crippen molar-refractivity contribution < 1.29 is 4.74 Å². The number of hydrogen-bond donors (Lipinski definition) is 2. The number of likely N-dealkylation sites (tertiary alicyclic amines) is 1. The van der Waals surface area contributed by atoms with Crippen LogP contribution in [0.2, 0.25) is 0 Å². The molecular weight excluding hydrogens is 535 g/mol. The van der Waals surface area contributed by atoms with Gasteiger partial charge in [0.1, 0.15) is 0 Å². The van der Waals surface area contributed by atoms with Crippen LogP contribution in [0.1, 0.15) is 61.4 Å². The topological polar surface area (TPSA) is 48.9 Å². The third-order valence-corrected chi connectivity index (χ3v) is 7.31. The minimum atomic E-state index is 0. The highest BCUT2D eigenvalue weighted by Crippen LogP contribution is 2.33. The van der Waals surface area contributed by atoms with E-state index in [1.165, 1.54) is 23.1 Å². The zero-order valence-corrected chi connectivity index (χ0v) is 23.2. The van der Waals surface area contributed by atoms with Crippen LogP contribution in [-0.4, -0.2) is 50.2 Å². The number of rotatable bonds is 6. The third-order valence-electron chi connectivity index (χ3n) is 7.31. The fraction of sp³-hybridized carbons (Fsp3) is 0.536. The second-order valence-corrected chi connectivity index (χ2v) is 9.60. The normalized spacial score (nSPS) is 23.1. The van der Waals surface area contributed by atoms with Crippen LogP contribution in [0.3, 0.4) is 0 Å². The Morgan fingerprint density at radius 1 is 1.06 bits per heavy atom. The van der Waals surface area contributed by atoms with Crippen LogP contribution in [-0.2, 0) is 4.74 Å². The minimum absolute atomic E-state index is 0. The maximum absolute atomic E-state index is 6.20. The van der Waals surface area contributed by atoms with Crippen LogP contribution in [0, 0.1) is 12.8 Å². The van der Waals surface area contributed by atoms with Crippen molar-refractivity contribution in [2.24, 2.45) is 10.9 Å². The molecule has 0 aliphatic carbocycles. The molecule has 2 heterocycles. The highest BCUT2D eigenvalue weighted by atomic mass is 127. The number of benzene rings is 2. The summed E-state index contributed by atoms with van der Waals surface area (Å²) in [7, 11) is 1.87. The van der Waals surface area contributed by atoms with E-state index in [1.807, 2.05) is 7.05 Å². The summed E-state index contributed by atoms with van der Waals surface area (Å²) in [6.45, 7) is 8.39. The summed E-state index contributed by atoms with van der Waals surface area (Å²) in [5.74, 6) is 1.37. The van der Waals surface area contributed by atoms with Gasteiger partial charge in [-0.15, -0.1) is 24.0 Å². The Hall–Kier alpha value is -1.64. The standard InChI is InChI=1S/C28H40N4O.HI/c1-21-11-13-24(14-12-21)27-25(10-7-19-33-27)20-30-28(29-3)31-26-15-17-32(18-16-26)22(2)23-8-5-4-6-9-23;/h4-6,8-9,11-14,22,25-27H,7,10,15-20H2,1-3H3,(H2,29,30,31);1H. The second kappa shape index (κ2) is 13.4. The van der Waals surface area contributed by atoms with Crippen LogP contribution < -0.4 is 10.6 Å². The van der Waals surface area contributed by atoms with E-state index in [-0.39, 0.29) is 30.1 Å². The third kappa shape index (κ3) is 7.18. The predicted octanol–water partition coefficient (Wildman–Crippen LogP) is 5.47. The number of hydrogen-bond acceptors (Lipinski definition) is 3. The molecule has 2 aromatic rings. The summed E-state index contributed by atoms with van der Waals surface area (Å²) in [6, 6.07) is 20.6. The number of piperidine rings is 1. The first kappa shape index (κ1) is 27.0. The SMILES string of the molecule is CN=C(NCC1CCCOC1c1ccc(C)cc1)NC1CCN(C(C)c2ccccc2)CC1.I. The Labute approximate surface area is 222 Å². The van der Waals surface area contributed by atoms with Gasteiger partial charge in [-0.05, 0) is 50.7 Å². The van der Waals surface area contributed by atoms with E-state index in [0.717, 1.165) is 51.5 Å². The molecule has 2 aromatic carbocycles. The van der Waals surface area contributed by atoms with Crippen molar-refractivity contribution in [3.63, 3.8) is 0 Å². The van der Waals surface area contributed by atoms with Crippen molar-refractivity contribution in [1.82, 2.24) is 15.5 Å². The van der Waals surface area contributed by atoms with E-state index >= 15 is 0 Å². The number of aryl methyl sites for hydroxylation is 1. The quantitative estimate of drug-likeness (QED) is 0.272. The maximum atomic E-state index is 6.20.